The van der Waals surface area contributed by atoms with E-state index in [1.807, 2.05) is 0 Å². The van der Waals surface area contributed by atoms with Crippen molar-refractivity contribution in [1.82, 2.24) is 9.80 Å². The number of likely N-dealkylation sites (N-methyl/N-ethyl adjacent to an activating group) is 1. The fourth-order valence-electron chi connectivity index (χ4n) is 2.63. The van der Waals surface area contributed by atoms with Crippen LogP contribution in [0.25, 0.3) is 0 Å². The van der Waals surface area contributed by atoms with Gasteiger partial charge in [0.2, 0.25) is 0 Å². The van der Waals surface area contributed by atoms with Gasteiger partial charge >= 0.3 is 12.0 Å². The molecule has 2 N–H and O–H groups in total. The van der Waals surface area contributed by atoms with Crippen LogP contribution in [0.1, 0.15) is 12.8 Å². The zero-order chi connectivity index (χ0) is 15.5. The van der Waals surface area contributed by atoms with E-state index in [1.165, 1.54) is 9.80 Å². The SMILES string of the molecule is CN(CC1(O)CCOCC1)C(=O)N1CCOC(C(=O)O)C1. The molecule has 2 aliphatic rings. The summed E-state index contributed by atoms with van der Waals surface area (Å²) in [6, 6.07) is -0.288. The largest absolute Gasteiger partial charge is 0.479 e. The molecule has 0 aromatic carbocycles. The van der Waals surface area contributed by atoms with E-state index in [-0.39, 0.29) is 25.7 Å². The number of amides is 2. The van der Waals surface area contributed by atoms with E-state index >= 15 is 0 Å². The Balaban J connectivity index is 1.90. The lowest BCUT2D eigenvalue weighted by Gasteiger charge is -2.38. The number of hydrogen-bond acceptors (Lipinski definition) is 5. The number of carboxylic acids is 1. The first kappa shape index (κ1) is 16.0. The summed E-state index contributed by atoms with van der Waals surface area (Å²) in [6.45, 7) is 1.77. The van der Waals surface area contributed by atoms with E-state index in [0.29, 0.717) is 32.6 Å². The van der Waals surface area contributed by atoms with Gasteiger partial charge in [0.25, 0.3) is 0 Å². The second-order valence-electron chi connectivity index (χ2n) is 5.62. The fourth-order valence-corrected chi connectivity index (χ4v) is 2.63. The first-order valence-electron chi connectivity index (χ1n) is 7.06. The lowest BCUT2D eigenvalue weighted by molar-refractivity contribution is -0.154. The van der Waals surface area contributed by atoms with Crippen molar-refractivity contribution >= 4 is 12.0 Å². The van der Waals surface area contributed by atoms with Crippen LogP contribution in [-0.4, -0.2) is 90.2 Å². The average molecular weight is 302 g/mol. The molecule has 2 amide bonds. The van der Waals surface area contributed by atoms with E-state index in [4.69, 9.17) is 14.6 Å². The summed E-state index contributed by atoms with van der Waals surface area (Å²) in [6.07, 6.45) is -0.000912. The monoisotopic (exact) mass is 302 g/mol. The van der Waals surface area contributed by atoms with Crippen LogP contribution in [0.4, 0.5) is 4.79 Å². The number of nitrogens with zero attached hydrogens (tertiary/aromatic N) is 2. The molecule has 0 radical (unpaired) electrons. The van der Waals surface area contributed by atoms with Crippen LogP contribution in [-0.2, 0) is 14.3 Å². The maximum absolute atomic E-state index is 12.3. The third-order valence-corrected chi connectivity index (χ3v) is 3.89. The van der Waals surface area contributed by atoms with Crippen molar-refractivity contribution in [2.45, 2.75) is 24.5 Å². The van der Waals surface area contributed by atoms with Crippen molar-refractivity contribution in [3.8, 4) is 0 Å². The highest BCUT2D eigenvalue weighted by atomic mass is 16.5. The minimum Gasteiger partial charge on any atom is -0.479 e. The zero-order valence-corrected chi connectivity index (χ0v) is 12.2. The van der Waals surface area contributed by atoms with Gasteiger partial charge in [-0.1, -0.05) is 0 Å². The van der Waals surface area contributed by atoms with Gasteiger partial charge < -0.3 is 29.5 Å². The summed E-state index contributed by atoms with van der Waals surface area (Å²) < 4.78 is 10.3. The fraction of sp³-hybridized carbons (Fsp3) is 0.846. The number of carbonyl (C=O) groups excluding carboxylic acids is 1. The summed E-state index contributed by atoms with van der Waals surface area (Å²) in [5.41, 5.74) is -0.929. The van der Waals surface area contributed by atoms with Crippen molar-refractivity contribution in [2.24, 2.45) is 0 Å². The number of carbonyl (C=O) groups is 2. The molecule has 120 valence electrons. The Bertz CT molecular complexity index is 396. The highest BCUT2D eigenvalue weighted by Gasteiger charge is 2.35. The highest BCUT2D eigenvalue weighted by Crippen LogP contribution is 2.22. The second kappa shape index (κ2) is 6.59. The first-order valence-corrected chi connectivity index (χ1v) is 7.06. The molecule has 2 aliphatic heterocycles. The van der Waals surface area contributed by atoms with E-state index in [1.54, 1.807) is 7.05 Å². The summed E-state index contributed by atoms with van der Waals surface area (Å²) in [4.78, 5) is 26.2. The molecule has 0 aliphatic carbocycles. The summed E-state index contributed by atoms with van der Waals surface area (Å²) in [5.74, 6) is -1.07. The molecule has 2 heterocycles. The topological polar surface area (TPSA) is 99.5 Å². The van der Waals surface area contributed by atoms with Crippen molar-refractivity contribution in [1.29, 1.82) is 0 Å². The molecule has 0 spiro atoms. The Morgan fingerprint density at radius 3 is 2.62 bits per heavy atom. The van der Waals surface area contributed by atoms with Gasteiger partial charge in [-0.3, -0.25) is 0 Å². The number of carboxylic acid groups (broad SMARTS) is 1. The maximum Gasteiger partial charge on any atom is 0.334 e. The highest BCUT2D eigenvalue weighted by molar-refractivity contribution is 5.77. The smallest absolute Gasteiger partial charge is 0.334 e. The minimum atomic E-state index is -1.07. The molecule has 1 atom stereocenters. The van der Waals surface area contributed by atoms with Crippen molar-refractivity contribution < 1.29 is 29.3 Å². The van der Waals surface area contributed by atoms with Crippen LogP contribution >= 0.6 is 0 Å². The van der Waals surface area contributed by atoms with Crippen LogP contribution in [0.5, 0.6) is 0 Å². The molecule has 0 saturated carbocycles. The standard InChI is InChI=1S/C13H22N2O6/c1-14(9-13(19)2-5-20-6-3-13)12(18)15-4-7-21-10(8-15)11(16)17/h10,19H,2-9H2,1H3,(H,16,17). The van der Waals surface area contributed by atoms with Gasteiger partial charge in [-0.25, -0.2) is 9.59 Å². The van der Waals surface area contributed by atoms with Crippen LogP contribution in [0.2, 0.25) is 0 Å². The Hall–Kier alpha value is -1.38. The number of aliphatic carboxylic acids is 1. The number of hydrogen-bond donors (Lipinski definition) is 2. The second-order valence-corrected chi connectivity index (χ2v) is 5.62. The van der Waals surface area contributed by atoms with E-state index in [9.17, 15) is 14.7 Å². The third kappa shape index (κ3) is 4.05. The van der Waals surface area contributed by atoms with Crippen molar-refractivity contribution in [3.05, 3.63) is 0 Å². The molecule has 2 rings (SSSR count). The summed E-state index contributed by atoms with van der Waals surface area (Å²) in [5, 5.41) is 19.4. The number of morpholine rings is 1. The van der Waals surface area contributed by atoms with Crippen LogP contribution in [0.15, 0.2) is 0 Å². The zero-order valence-electron chi connectivity index (χ0n) is 12.2. The van der Waals surface area contributed by atoms with Crippen LogP contribution in [0.3, 0.4) is 0 Å². The van der Waals surface area contributed by atoms with Gasteiger partial charge in [0.05, 0.1) is 25.3 Å². The predicted molar refractivity (Wildman–Crippen MR) is 72.0 cm³/mol. The number of urea groups is 1. The van der Waals surface area contributed by atoms with Crippen molar-refractivity contribution in [2.75, 3.05) is 46.5 Å². The van der Waals surface area contributed by atoms with Gasteiger partial charge in [-0.05, 0) is 0 Å². The Morgan fingerprint density at radius 1 is 1.33 bits per heavy atom. The first-order chi connectivity index (χ1) is 9.91. The lowest BCUT2D eigenvalue weighted by atomic mass is 9.94. The molecule has 0 aromatic heterocycles. The van der Waals surface area contributed by atoms with Crippen LogP contribution in [0, 0.1) is 0 Å². The number of rotatable bonds is 3. The third-order valence-electron chi connectivity index (χ3n) is 3.89. The average Bonchev–Trinajstić information content (AvgIpc) is 2.46. The molecule has 0 bridgehead atoms. The van der Waals surface area contributed by atoms with E-state index in [2.05, 4.69) is 0 Å². The van der Waals surface area contributed by atoms with E-state index < -0.39 is 17.7 Å². The molecule has 21 heavy (non-hydrogen) atoms. The van der Waals surface area contributed by atoms with Gasteiger partial charge in [0.1, 0.15) is 0 Å². The number of ether oxygens (including phenoxy) is 2. The van der Waals surface area contributed by atoms with Gasteiger partial charge in [0.15, 0.2) is 6.10 Å². The molecule has 0 aromatic rings. The molecule has 8 heteroatoms. The Labute approximate surface area is 123 Å². The molecule has 8 nitrogen and oxygen atoms in total. The van der Waals surface area contributed by atoms with Gasteiger partial charge in [0, 0.05) is 39.6 Å². The molecule has 2 saturated heterocycles. The van der Waals surface area contributed by atoms with E-state index in [0.717, 1.165) is 0 Å². The van der Waals surface area contributed by atoms with Gasteiger partial charge in [-0.2, -0.15) is 0 Å². The minimum absolute atomic E-state index is 0.0278. The van der Waals surface area contributed by atoms with Crippen LogP contribution < -0.4 is 0 Å². The Kier molecular flexibility index (Phi) is 5.02. The van der Waals surface area contributed by atoms with Crippen molar-refractivity contribution in [3.63, 3.8) is 0 Å². The molecular weight excluding hydrogens is 280 g/mol. The summed E-state index contributed by atoms with van der Waals surface area (Å²) in [7, 11) is 1.61. The quantitative estimate of drug-likeness (QED) is 0.720. The predicted octanol–water partition coefficient (Wildman–Crippen LogP) is -0.635. The summed E-state index contributed by atoms with van der Waals surface area (Å²) >= 11 is 0. The number of aliphatic hydroxyl groups is 1. The van der Waals surface area contributed by atoms with Gasteiger partial charge in [-0.15, -0.1) is 0 Å². The lowest BCUT2D eigenvalue weighted by Crippen LogP contribution is -2.55. The Morgan fingerprint density at radius 2 is 2.00 bits per heavy atom. The molecular formula is C13H22N2O6. The maximum atomic E-state index is 12.3. The molecule has 2 fully saturated rings. The molecule has 1 unspecified atom stereocenters. The normalized spacial score (nSPS) is 25.4.